The van der Waals surface area contributed by atoms with Crippen LogP contribution in [0.15, 0.2) is 146 Å². The van der Waals surface area contributed by atoms with Gasteiger partial charge in [-0.05, 0) is 133 Å². The van der Waals surface area contributed by atoms with Gasteiger partial charge in [0.1, 0.15) is 48.4 Å². The van der Waals surface area contributed by atoms with E-state index < -0.39 is 24.1 Å². The number of benzene rings is 6. The summed E-state index contributed by atoms with van der Waals surface area (Å²) < 4.78 is 35.4. The summed E-state index contributed by atoms with van der Waals surface area (Å²) in [6.07, 6.45) is 14.4. The molecule has 364 valence electrons. The molecule has 69 heavy (non-hydrogen) atoms. The fourth-order valence-corrected chi connectivity index (χ4v) is 7.99. The number of carbonyl (C=O) groups is 2. The molecular formula is C61H72O8. The van der Waals surface area contributed by atoms with Gasteiger partial charge in [-0.3, -0.25) is 0 Å². The zero-order valence-corrected chi connectivity index (χ0v) is 41.3. The Morgan fingerprint density at radius 3 is 0.971 bits per heavy atom. The Morgan fingerprint density at radius 1 is 0.362 bits per heavy atom. The zero-order chi connectivity index (χ0) is 48.5. The van der Waals surface area contributed by atoms with E-state index in [1.54, 1.807) is 38.1 Å². The molecule has 2 unspecified atom stereocenters. The van der Waals surface area contributed by atoms with E-state index >= 15 is 0 Å². The quantitative estimate of drug-likeness (QED) is 0.0326. The largest absolute Gasteiger partial charge is 0.494 e. The predicted octanol–water partition coefficient (Wildman–Crippen LogP) is 15.8. The number of esters is 2. The Kier molecular flexibility index (Phi) is 21.6. The van der Waals surface area contributed by atoms with E-state index in [0.717, 1.165) is 82.4 Å². The molecule has 0 spiro atoms. The van der Waals surface area contributed by atoms with E-state index in [2.05, 4.69) is 38.1 Å². The van der Waals surface area contributed by atoms with E-state index in [1.807, 2.05) is 97.1 Å². The molecule has 6 aromatic rings. The first-order chi connectivity index (χ1) is 33.8. The van der Waals surface area contributed by atoms with Crippen LogP contribution in [0.4, 0.5) is 0 Å². The van der Waals surface area contributed by atoms with Crippen LogP contribution in [0.5, 0.6) is 23.0 Å². The van der Waals surface area contributed by atoms with Crippen molar-refractivity contribution < 1.29 is 38.0 Å². The molecule has 6 rings (SSSR count). The van der Waals surface area contributed by atoms with Crippen molar-refractivity contribution in [1.82, 2.24) is 0 Å². The summed E-state index contributed by atoms with van der Waals surface area (Å²) in [4.78, 5) is 26.0. The van der Waals surface area contributed by atoms with Crippen molar-refractivity contribution in [2.24, 2.45) is 0 Å². The summed E-state index contributed by atoms with van der Waals surface area (Å²) in [7, 11) is 0. The van der Waals surface area contributed by atoms with Crippen molar-refractivity contribution in [1.29, 1.82) is 0 Å². The molecule has 0 amide bonds. The number of carbonyl (C=O) groups excluding carboxylic acids is 2. The van der Waals surface area contributed by atoms with E-state index in [4.69, 9.17) is 28.4 Å². The van der Waals surface area contributed by atoms with Gasteiger partial charge in [0, 0.05) is 6.42 Å². The second-order valence-corrected chi connectivity index (χ2v) is 18.0. The van der Waals surface area contributed by atoms with E-state index in [-0.39, 0.29) is 0 Å². The fourth-order valence-electron chi connectivity index (χ4n) is 7.99. The third kappa shape index (κ3) is 18.1. The predicted molar refractivity (Wildman–Crippen MR) is 277 cm³/mol. The number of rotatable bonds is 30. The van der Waals surface area contributed by atoms with Crippen molar-refractivity contribution in [3.63, 3.8) is 0 Å². The van der Waals surface area contributed by atoms with Crippen LogP contribution < -0.4 is 18.9 Å². The van der Waals surface area contributed by atoms with E-state index in [0.29, 0.717) is 30.8 Å². The third-order valence-electron chi connectivity index (χ3n) is 12.1. The normalized spacial score (nSPS) is 11.9. The van der Waals surface area contributed by atoms with Gasteiger partial charge in [0.25, 0.3) is 0 Å². The summed E-state index contributed by atoms with van der Waals surface area (Å²) in [5.74, 6) is 2.43. The molecule has 6 aromatic carbocycles. The fraction of sp³-hybridized carbons (Fsp3) is 0.377. The average molecular weight is 933 g/mol. The van der Waals surface area contributed by atoms with Crippen LogP contribution >= 0.6 is 0 Å². The van der Waals surface area contributed by atoms with Crippen molar-refractivity contribution in [2.45, 2.75) is 137 Å². The van der Waals surface area contributed by atoms with Gasteiger partial charge in [-0.25, -0.2) is 9.59 Å². The van der Waals surface area contributed by atoms with Crippen molar-refractivity contribution in [3.8, 4) is 45.3 Å². The van der Waals surface area contributed by atoms with Crippen LogP contribution in [0, 0.1) is 0 Å². The molecule has 0 aliphatic heterocycles. The van der Waals surface area contributed by atoms with Gasteiger partial charge in [0.15, 0.2) is 0 Å². The highest BCUT2D eigenvalue weighted by atomic mass is 16.6. The number of ether oxygens (including phenoxy) is 6. The Bertz CT molecular complexity index is 2200. The lowest BCUT2D eigenvalue weighted by atomic mass is 10.1. The maximum absolute atomic E-state index is 13.0. The Morgan fingerprint density at radius 2 is 0.652 bits per heavy atom. The monoisotopic (exact) mass is 933 g/mol. The lowest BCUT2D eigenvalue weighted by Gasteiger charge is -2.19. The summed E-state index contributed by atoms with van der Waals surface area (Å²) in [5.41, 5.74) is 7.15. The van der Waals surface area contributed by atoms with Gasteiger partial charge in [0.2, 0.25) is 0 Å². The Labute approximate surface area is 411 Å². The summed E-state index contributed by atoms with van der Waals surface area (Å²) >= 11 is 0. The Hall–Kier alpha value is -6.54. The van der Waals surface area contributed by atoms with Gasteiger partial charge >= 0.3 is 11.9 Å². The highest BCUT2D eigenvalue weighted by Crippen LogP contribution is 2.27. The summed E-state index contributed by atoms with van der Waals surface area (Å²) in [6, 6.07) is 46.9. The van der Waals surface area contributed by atoms with Gasteiger partial charge in [0.05, 0.1) is 24.3 Å². The Balaban J connectivity index is 0.847. The summed E-state index contributed by atoms with van der Waals surface area (Å²) in [6.45, 7) is 10.3. The lowest BCUT2D eigenvalue weighted by Crippen LogP contribution is -2.23. The molecule has 8 nitrogen and oxygen atoms in total. The molecule has 0 aromatic heterocycles. The minimum atomic E-state index is -0.472. The van der Waals surface area contributed by atoms with Crippen LogP contribution in [0.2, 0.25) is 0 Å². The number of hydrogen-bond acceptors (Lipinski definition) is 8. The minimum Gasteiger partial charge on any atom is -0.494 e. The second-order valence-electron chi connectivity index (χ2n) is 18.0. The van der Waals surface area contributed by atoms with Crippen LogP contribution in [0.1, 0.15) is 143 Å². The van der Waals surface area contributed by atoms with Crippen LogP contribution in [-0.4, -0.2) is 37.4 Å². The topological polar surface area (TPSA) is 89.5 Å². The highest BCUT2D eigenvalue weighted by molar-refractivity contribution is 5.90. The van der Waals surface area contributed by atoms with Crippen LogP contribution in [-0.2, 0) is 22.7 Å². The van der Waals surface area contributed by atoms with Crippen LogP contribution in [0.3, 0.4) is 0 Å². The van der Waals surface area contributed by atoms with Gasteiger partial charge in [-0.1, -0.05) is 151 Å². The highest BCUT2D eigenvalue weighted by Gasteiger charge is 2.19. The van der Waals surface area contributed by atoms with Crippen LogP contribution in [0.25, 0.3) is 22.3 Å². The molecule has 0 bridgehead atoms. The maximum Gasteiger partial charge on any atom is 0.338 e. The molecule has 0 radical (unpaired) electrons. The zero-order valence-electron chi connectivity index (χ0n) is 41.3. The smallest absolute Gasteiger partial charge is 0.338 e. The second kappa shape index (κ2) is 28.7. The van der Waals surface area contributed by atoms with Crippen molar-refractivity contribution >= 4 is 11.9 Å². The first kappa shape index (κ1) is 51.8. The standard InChI is InChI=1S/C61H72O8/c1-5-7-9-11-13-15-41-64-56-33-25-50(26-34-56)52-29-37-58(38-30-52)66-44-48-17-21-54(22-18-48)60(62)68-46(3)43-47(4)69-61(63)55-23-19-49(20-24-55)45-67-59-39-31-53(32-40-59)51-27-35-57(36-28-51)65-42-16-14-12-10-8-6-2/h17-40,46-47H,5-16,41-45H2,1-4H3. The lowest BCUT2D eigenvalue weighted by molar-refractivity contribution is 0.00761. The average Bonchev–Trinajstić information content (AvgIpc) is 3.38. The first-order valence-electron chi connectivity index (χ1n) is 25.3. The molecular weight excluding hydrogens is 861 g/mol. The minimum absolute atomic E-state index is 0.352. The first-order valence-corrected chi connectivity index (χ1v) is 25.3. The SMILES string of the molecule is CCCCCCCCOc1ccc(-c2ccc(OCc3ccc(C(=O)OC(C)CC(C)OC(=O)c4ccc(COc5ccc(-c6ccc(OCCCCCCCC)cc6)cc5)cc4)cc3)cc2)cc1. The van der Waals surface area contributed by atoms with E-state index in [1.165, 1.54) is 64.2 Å². The van der Waals surface area contributed by atoms with Gasteiger partial charge in [-0.15, -0.1) is 0 Å². The molecule has 0 heterocycles. The van der Waals surface area contributed by atoms with Gasteiger partial charge < -0.3 is 28.4 Å². The molecule has 8 heteroatoms. The molecule has 0 aliphatic carbocycles. The number of unbranched alkanes of at least 4 members (excludes halogenated alkanes) is 10. The molecule has 0 N–H and O–H groups in total. The molecule has 0 fully saturated rings. The van der Waals surface area contributed by atoms with Crippen molar-refractivity contribution in [2.75, 3.05) is 13.2 Å². The molecule has 0 saturated heterocycles. The third-order valence-corrected chi connectivity index (χ3v) is 12.1. The molecule has 0 aliphatic rings. The summed E-state index contributed by atoms with van der Waals surface area (Å²) in [5, 5.41) is 0. The molecule has 2 atom stereocenters. The van der Waals surface area contributed by atoms with Gasteiger partial charge in [-0.2, -0.15) is 0 Å². The maximum atomic E-state index is 13.0. The van der Waals surface area contributed by atoms with E-state index in [9.17, 15) is 9.59 Å². The number of hydrogen-bond donors (Lipinski definition) is 0. The molecule has 0 saturated carbocycles. The van der Waals surface area contributed by atoms with Crippen molar-refractivity contribution in [3.05, 3.63) is 168 Å².